The molecule has 2 aliphatic rings. The Bertz CT molecular complexity index is 645. The van der Waals surface area contributed by atoms with E-state index in [0.717, 1.165) is 0 Å². The first-order valence-corrected chi connectivity index (χ1v) is 7.12. The maximum atomic E-state index is 13.6. The lowest BCUT2D eigenvalue weighted by molar-refractivity contribution is -0.126. The summed E-state index contributed by atoms with van der Waals surface area (Å²) in [6, 6.07) is 3.65. The molecule has 2 aliphatic heterocycles. The molecule has 4 amide bonds. The maximum Gasteiger partial charge on any atom is 0.324 e. The summed E-state index contributed by atoms with van der Waals surface area (Å²) in [4.78, 5) is 38.5. The third-order valence-corrected chi connectivity index (χ3v) is 4.11. The molecule has 1 atom stereocenters. The molecule has 2 saturated heterocycles. The van der Waals surface area contributed by atoms with Gasteiger partial charge < -0.3 is 10.2 Å². The summed E-state index contributed by atoms with van der Waals surface area (Å²) < 4.78 is 13.6. The molecule has 0 aliphatic carbocycles. The first-order chi connectivity index (χ1) is 10.5. The fraction of sp³-hybridized carbons (Fsp3) is 0.400. The number of amides is 4. The minimum atomic E-state index is -0.421. The molecule has 1 N–H and O–H groups in total. The van der Waals surface area contributed by atoms with E-state index < -0.39 is 11.8 Å². The zero-order valence-corrected chi connectivity index (χ0v) is 12.1. The highest BCUT2D eigenvalue weighted by Gasteiger charge is 2.39. The van der Waals surface area contributed by atoms with Crippen molar-refractivity contribution in [2.75, 3.05) is 19.6 Å². The van der Waals surface area contributed by atoms with Gasteiger partial charge in [0.25, 0.3) is 5.91 Å². The maximum absolute atomic E-state index is 13.6. The van der Waals surface area contributed by atoms with E-state index in [2.05, 4.69) is 5.32 Å². The summed E-state index contributed by atoms with van der Waals surface area (Å²) in [5.74, 6) is -0.977. The van der Waals surface area contributed by atoms with Crippen molar-refractivity contribution in [2.45, 2.75) is 19.4 Å². The molecule has 0 saturated carbocycles. The highest BCUT2D eigenvalue weighted by atomic mass is 19.1. The van der Waals surface area contributed by atoms with Crippen LogP contribution in [0.25, 0.3) is 0 Å². The molecule has 2 fully saturated rings. The predicted octanol–water partition coefficient (Wildman–Crippen LogP) is 0.900. The van der Waals surface area contributed by atoms with E-state index in [1.54, 1.807) is 24.0 Å². The lowest BCUT2D eigenvalue weighted by Gasteiger charge is -2.21. The van der Waals surface area contributed by atoms with Crippen LogP contribution in [0.4, 0.5) is 9.18 Å². The van der Waals surface area contributed by atoms with Gasteiger partial charge >= 0.3 is 6.03 Å². The smallest absolute Gasteiger partial charge is 0.324 e. The summed E-state index contributed by atoms with van der Waals surface area (Å²) in [7, 11) is 0. The Morgan fingerprint density at radius 3 is 2.77 bits per heavy atom. The van der Waals surface area contributed by atoms with Crippen molar-refractivity contribution in [2.24, 2.45) is 0 Å². The fourth-order valence-electron chi connectivity index (χ4n) is 2.85. The average molecular weight is 305 g/mol. The SMILES string of the molecule is Cc1ccc(C(=O)N2CCC(N3C(=O)CNC3=O)C2)cc1F. The molecule has 22 heavy (non-hydrogen) atoms. The Labute approximate surface area is 126 Å². The summed E-state index contributed by atoms with van der Waals surface area (Å²) in [5.41, 5.74) is 0.760. The standard InChI is InChI=1S/C15H16FN3O3/c1-9-2-3-10(6-12(9)16)14(21)18-5-4-11(8-18)19-13(20)7-17-15(19)22/h2-3,6,11H,4-5,7-8H2,1H3,(H,17,22). The van der Waals surface area contributed by atoms with Crippen molar-refractivity contribution >= 4 is 17.8 Å². The van der Waals surface area contributed by atoms with Crippen molar-refractivity contribution in [3.8, 4) is 0 Å². The summed E-state index contributed by atoms with van der Waals surface area (Å²) in [6.07, 6.45) is 0.541. The lowest BCUT2D eigenvalue weighted by atomic mass is 10.1. The van der Waals surface area contributed by atoms with E-state index >= 15 is 0 Å². The zero-order chi connectivity index (χ0) is 15.9. The molecule has 3 rings (SSSR count). The number of hydrogen-bond acceptors (Lipinski definition) is 3. The van der Waals surface area contributed by atoms with Crippen LogP contribution < -0.4 is 5.32 Å². The summed E-state index contributed by atoms with van der Waals surface area (Å²) >= 11 is 0. The molecule has 0 spiro atoms. The van der Waals surface area contributed by atoms with Crippen LogP contribution in [-0.2, 0) is 4.79 Å². The predicted molar refractivity (Wildman–Crippen MR) is 75.7 cm³/mol. The largest absolute Gasteiger partial charge is 0.336 e. The molecule has 0 bridgehead atoms. The van der Waals surface area contributed by atoms with E-state index in [9.17, 15) is 18.8 Å². The van der Waals surface area contributed by atoms with E-state index in [-0.39, 0.29) is 36.5 Å². The molecular weight excluding hydrogens is 289 g/mol. The Morgan fingerprint density at radius 2 is 2.14 bits per heavy atom. The van der Waals surface area contributed by atoms with Gasteiger partial charge in [-0.1, -0.05) is 6.07 Å². The number of aryl methyl sites for hydroxylation is 1. The Balaban J connectivity index is 1.72. The van der Waals surface area contributed by atoms with Gasteiger partial charge in [-0.05, 0) is 31.0 Å². The first kappa shape index (κ1) is 14.5. The average Bonchev–Trinajstić information content (AvgIpc) is 3.08. The number of imide groups is 1. The van der Waals surface area contributed by atoms with Crippen LogP contribution in [-0.4, -0.2) is 53.3 Å². The second-order valence-electron chi connectivity index (χ2n) is 5.58. The molecule has 7 heteroatoms. The van der Waals surface area contributed by atoms with Crippen LogP contribution >= 0.6 is 0 Å². The summed E-state index contributed by atoms with van der Waals surface area (Å²) in [6.45, 7) is 2.36. The number of urea groups is 1. The number of carbonyl (C=O) groups excluding carboxylic acids is 3. The van der Waals surface area contributed by atoms with Crippen LogP contribution in [0.1, 0.15) is 22.3 Å². The lowest BCUT2D eigenvalue weighted by Crippen LogP contribution is -2.42. The molecule has 2 heterocycles. The van der Waals surface area contributed by atoms with Gasteiger partial charge in [0.05, 0.1) is 12.6 Å². The van der Waals surface area contributed by atoms with Crippen LogP contribution in [0.15, 0.2) is 18.2 Å². The van der Waals surface area contributed by atoms with Gasteiger partial charge in [-0.3, -0.25) is 14.5 Å². The minimum Gasteiger partial charge on any atom is -0.336 e. The van der Waals surface area contributed by atoms with E-state index in [0.29, 0.717) is 18.5 Å². The van der Waals surface area contributed by atoms with Gasteiger partial charge in [0.1, 0.15) is 5.82 Å². The normalized spacial score (nSPS) is 21.5. The number of nitrogens with zero attached hydrogens (tertiary/aromatic N) is 2. The highest BCUT2D eigenvalue weighted by molar-refractivity contribution is 6.02. The van der Waals surface area contributed by atoms with Gasteiger partial charge in [0, 0.05) is 18.7 Å². The number of rotatable bonds is 2. The van der Waals surface area contributed by atoms with Crippen molar-refractivity contribution < 1.29 is 18.8 Å². The number of nitrogens with one attached hydrogen (secondary N) is 1. The van der Waals surface area contributed by atoms with Crippen molar-refractivity contribution in [1.29, 1.82) is 0 Å². The van der Waals surface area contributed by atoms with Crippen molar-refractivity contribution in [1.82, 2.24) is 15.1 Å². The van der Waals surface area contributed by atoms with Crippen LogP contribution in [0.3, 0.4) is 0 Å². The molecular formula is C15H16FN3O3. The molecule has 1 unspecified atom stereocenters. The van der Waals surface area contributed by atoms with Crippen molar-refractivity contribution in [3.05, 3.63) is 35.1 Å². The Kier molecular flexibility index (Phi) is 3.56. The number of likely N-dealkylation sites (tertiary alicyclic amines) is 1. The summed E-state index contributed by atoms with van der Waals surface area (Å²) in [5, 5.41) is 2.47. The quantitative estimate of drug-likeness (QED) is 0.825. The van der Waals surface area contributed by atoms with Gasteiger partial charge in [0.15, 0.2) is 0 Å². The van der Waals surface area contributed by atoms with Gasteiger partial charge in [-0.15, -0.1) is 0 Å². The third kappa shape index (κ3) is 2.43. The highest BCUT2D eigenvalue weighted by Crippen LogP contribution is 2.21. The van der Waals surface area contributed by atoms with Gasteiger partial charge in [-0.2, -0.15) is 0 Å². The molecule has 6 nitrogen and oxygen atoms in total. The van der Waals surface area contributed by atoms with Gasteiger partial charge in [-0.25, -0.2) is 9.18 Å². The Hall–Kier alpha value is -2.44. The zero-order valence-electron chi connectivity index (χ0n) is 12.1. The molecule has 1 aromatic rings. The minimum absolute atomic E-state index is 0.00640. The Morgan fingerprint density at radius 1 is 1.36 bits per heavy atom. The van der Waals surface area contributed by atoms with E-state index in [4.69, 9.17) is 0 Å². The number of hydrogen-bond donors (Lipinski definition) is 1. The van der Waals surface area contributed by atoms with E-state index in [1.807, 2.05) is 0 Å². The topological polar surface area (TPSA) is 69.7 Å². The molecule has 116 valence electrons. The van der Waals surface area contributed by atoms with Crippen molar-refractivity contribution in [3.63, 3.8) is 0 Å². The van der Waals surface area contributed by atoms with Gasteiger partial charge in [0.2, 0.25) is 5.91 Å². The van der Waals surface area contributed by atoms with Crippen LogP contribution in [0, 0.1) is 12.7 Å². The second-order valence-corrected chi connectivity index (χ2v) is 5.58. The molecule has 0 aromatic heterocycles. The second kappa shape index (κ2) is 5.40. The van der Waals surface area contributed by atoms with Crippen LogP contribution in [0.5, 0.6) is 0 Å². The number of carbonyl (C=O) groups is 3. The molecule has 1 aromatic carbocycles. The first-order valence-electron chi connectivity index (χ1n) is 7.12. The monoisotopic (exact) mass is 305 g/mol. The number of halogens is 1. The third-order valence-electron chi connectivity index (χ3n) is 4.11. The van der Waals surface area contributed by atoms with Crippen LogP contribution in [0.2, 0.25) is 0 Å². The fourth-order valence-corrected chi connectivity index (χ4v) is 2.85. The number of benzene rings is 1. The van der Waals surface area contributed by atoms with E-state index in [1.165, 1.54) is 11.0 Å². The molecule has 0 radical (unpaired) electrons.